The van der Waals surface area contributed by atoms with Gasteiger partial charge in [-0.1, -0.05) is 31.2 Å². The molecule has 1 N–H and O–H groups in total. The molecule has 3 nitrogen and oxygen atoms in total. The Kier molecular flexibility index (Phi) is 5.53. The summed E-state index contributed by atoms with van der Waals surface area (Å²) in [5.74, 6) is -0.00461. The van der Waals surface area contributed by atoms with Crippen LogP contribution in [0.3, 0.4) is 0 Å². The van der Waals surface area contributed by atoms with Gasteiger partial charge in [0.1, 0.15) is 0 Å². The first kappa shape index (κ1) is 15.7. The predicted molar refractivity (Wildman–Crippen MR) is 86.8 cm³/mol. The number of benzene rings is 1. The molecule has 1 amide bonds. The lowest BCUT2D eigenvalue weighted by atomic mass is 10.1. The van der Waals surface area contributed by atoms with Gasteiger partial charge >= 0.3 is 0 Å². The smallest absolute Gasteiger partial charge is 0.261 e. The van der Waals surface area contributed by atoms with E-state index < -0.39 is 0 Å². The van der Waals surface area contributed by atoms with E-state index >= 15 is 0 Å². The van der Waals surface area contributed by atoms with Crippen molar-refractivity contribution in [2.24, 2.45) is 0 Å². The summed E-state index contributed by atoms with van der Waals surface area (Å²) in [6.45, 7) is 5.26. The van der Waals surface area contributed by atoms with Crippen molar-refractivity contribution in [2.75, 3.05) is 7.11 Å². The second-order valence-electron chi connectivity index (χ2n) is 4.93. The van der Waals surface area contributed by atoms with E-state index in [4.69, 9.17) is 4.74 Å². The molecule has 0 fully saturated rings. The molecule has 1 aromatic heterocycles. The molecule has 21 heavy (non-hydrogen) atoms. The normalized spacial score (nSPS) is 10.6. The van der Waals surface area contributed by atoms with Crippen LogP contribution < -0.4 is 5.32 Å². The molecule has 0 saturated carbocycles. The minimum atomic E-state index is -0.00461. The highest BCUT2D eigenvalue weighted by Crippen LogP contribution is 2.22. The Bertz CT molecular complexity index is 619. The van der Waals surface area contributed by atoms with Crippen LogP contribution in [-0.4, -0.2) is 13.0 Å². The van der Waals surface area contributed by atoms with E-state index in [0.29, 0.717) is 13.2 Å². The summed E-state index contributed by atoms with van der Waals surface area (Å²) in [5.41, 5.74) is 3.46. The second-order valence-corrected chi connectivity index (χ2v) is 6.19. The Morgan fingerprint density at radius 2 is 1.95 bits per heavy atom. The zero-order valence-corrected chi connectivity index (χ0v) is 13.5. The highest BCUT2D eigenvalue weighted by molar-refractivity contribution is 7.14. The molecule has 112 valence electrons. The fourth-order valence-electron chi connectivity index (χ4n) is 2.27. The number of nitrogens with one attached hydrogen (secondary N) is 1. The second kappa shape index (κ2) is 7.38. The average Bonchev–Trinajstić information content (AvgIpc) is 2.87. The number of rotatable bonds is 6. The van der Waals surface area contributed by atoms with Gasteiger partial charge in [0.2, 0.25) is 0 Å². The molecule has 0 unspecified atom stereocenters. The molecule has 0 aliphatic rings. The maximum Gasteiger partial charge on any atom is 0.261 e. The van der Waals surface area contributed by atoms with Crippen molar-refractivity contribution in [1.82, 2.24) is 5.32 Å². The molecule has 2 rings (SSSR count). The Labute approximate surface area is 130 Å². The van der Waals surface area contributed by atoms with E-state index in [-0.39, 0.29) is 5.91 Å². The third kappa shape index (κ3) is 3.93. The van der Waals surface area contributed by atoms with Crippen LogP contribution in [0.25, 0.3) is 0 Å². The molecule has 0 radical (unpaired) electrons. The number of methoxy groups -OCH3 is 1. The first-order valence-electron chi connectivity index (χ1n) is 7.09. The van der Waals surface area contributed by atoms with Crippen molar-refractivity contribution in [3.05, 3.63) is 56.8 Å². The molecule has 1 aromatic carbocycles. The summed E-state index contributed by atoms with van der Waals surface area (Å²) in [6.07, 6.45) is 0.965. The number of carbonyl (C=O) groups is 1. The van der Waals surface area contributed by atoms with Gasteiger partial charge in [-0.3, -0.25) is 4.79 Å². The van der Waals surface area contributed by atoms with Gasteiger partial charge in [0.25, 0.3) is 5.91 Å². The minimum absolute atomic E-state index is 0.00461. The molecule has 0 aliphatic heterocycles. The van der Waals surface area contributed by atoms with E-state index in [9.17, 15) is 4.79 Å². The number of hydrogen-bond donors (Lipinski definition) is 1. The largest absolute Gasteiger partial charge is 0.380 e. The van der Waals surface area contributed by atoms with E-state index in [1.807, 2.05) is 30.3 Å². The lowest BCUT2D eigenvalue weighted by molar-refractivity contribution is 0.0954. The van der Waals surface area contributed by atoms with E-state index in [1.54, 1.807) is 18.4 Å². The van der Waals surface area contributed by atoms with Crippen molar-refractivity contribution < 1.29 is 9.53 Å². The molecule has 0 spiro atoms. The lowest BCUT2D eigenvalue weighted by Gasteiger charge is -2.09. The number of carbonyl (C=O) groups excluding carboxylic acids is 1. The molecule has 1 heterocycles. The van der Waals surface area contributed by atoms with Crippen molar-refractivity contribution in [1.29, 1.82) is 0 Å². The molecule has 2 aromatic rings. The zero-order valence-electron chi connectivity index (χ0n) is 12.7. The summed E-state index contributed by atoms with van der Waals surface area (Å²) in [4.78, 5) is 14.2. The molecular formula is C17H21NO2S. The standard InChI is InChI=1S/C17H21NO2S/c1-4-13-9-16(21-12(13)2)17(19)18-10-14-7-5-6-8-15(14)11-20-3/h5-9H,4,10-11H2,1-3H3,(H,18,19). The van der Waals surface area contributed by atoms with Crippen LogP contribution >= 0.6 is 11.3 Å². The number of hydrogen-bond acceptors (Lipinski definition) is 3. The first-order chi connectivity index (χ1) is 10.2. The van der Waals surface area contributed by atoms with Crippen LogP contribution in [0.4, 0.5) is 0 Å². The molecule has 4 heteroatoms. The van der Waals surface area contributed by atoms with Gasteiger partial charge in [0, 0.05) is 18.5 Å². The molecule has 0 aliphatic carbocycles. The summed E-state index contributed by atoms with van der Waals surface area (Å²) in [7, 11) is 1.68. The van der Waals surface area contributed by atoms with E-state index in [0.717, 1.165) is 22.4 Å². The predicted octanol–water partition coefficient (Wildman–Crippen LogP) is 3.70. The van der Waals surface area contributed by atoms with Crippen LogP contribution in [0.1, 0.15) is 38.2 Å². The molecule has 0 atom stereocenters. The lowest BCUT2D eigenvalue weighted by Crippen LogP contribution is -2.22. The number of amides is 1. The van der Waals surface area contributed by atoms with Crippen LogP contribution in [0, 0.1) is 6.92 Å². The van der Waals surface area contributed by atoms with Gasteiger partial charge in [0.15, 0.2) is 0 Å². The summed E-state index contributed by atoms with van der Waals surface area (Å²) in [6, 6.07) is 10.00. The van der Waals surface area contributed by atoms with Crippen molar-refractivity contribution in [3.63, 3.8) is 0 Å². The van der Waals surface area contributed by atoms with Crippen LogP contribution in [0.2, 0.25) is 0 Å². The van der Waals surface area contributed by atoms with Gasteiger partial charge < -0.3 is 10.1 Å². The fourth-order valence-corrected chi connectivity index (χ4v) is 3.30. The third-order valence-electron chi connectivity index (χ3n) is 3.48. The van der Waals surface area contributed by atoms with E-state index in [2.05, 4.69) is 19.2 Å². The number of aryl methyl sites for hydroxylation is 2. The van der Waals surface area contributed by atoms with Gasteiger partial charge in [-0.05, 0) is 36.1 Å². The summed E-state index contributed by atoms with van der Waals surface area (Å²) >= 11 is 1.56. The van der Waals surface area contributed by atoms with Gasteiger partial charge in [0.05, 0.1) is 11.5 Å². The first-order valence-corrected chi connectivity index (χ1v) is 7.90. The summed E-state index contributed by atoms with van der Waals surface area (Å²) in [5, 5.41) is 2.99. The minimum Gasteiger partial charge on any atom is -0.380 e. The maximum absolute atomic E-state index is 12.2. The quantitative estimate of drug-likeness (QED) is 0.883. The fraction of sp³-hybridized carbons (Fsp3) is 0.353. The monoisotopic (exact) mass is 303 g/mol. The van der Waals surface area contributed by atoms with Gasteiger partial charge in [-0.2, -0.15) is 0 Å². The van der Waals surface area contributed by atoms with Gasteiger partial charge in [-0.25, -0.2) is 0 Å². The molecular weight excluding hydrogens is 282 g/mol. The maximum atomic E-state index is 12.2. The van der Waals surface area contributed by atoms with Gasteiger partial charge in [-0.15, -0.1) is 11.3 Å². The molecule has 0 bridgehead atoms. The Morgan fingerprint density at radius 3 is 2.57 bits per heavy atom. The third-order valence-corrected chi connectivity index (χ3v) is 4.57. The van der Waals surface area contributed by atoms with E-state index in [1.165, 1.54) is 10.4 Å². The van der Waals surface area contributed by atoms with Crippen LogP contribution in [0.15, 0.2) is 30.3 Å². The van der Waals surface area contributed by atoms with Crippen molar-refractivity contribution in [2.45, 2.75) is 33.4 Å². The van der Waals surface area contributed by atoms with Crippen molar-refractivity contribution >= 4 is 17.2 Å². The topological polar surface area (TPSA) is 38.3 Å². The Morgan fingerprint density at radius 1 is 1.24 bits per heavy atom. The highest BCUT2D eigenvalue weighted by atomic mass is 32.1. The van der Waals surface area contributed by atoms with Crippen molar-refractivity contribution in [3.8, 4) is 0 Å². The Balaban J connectivity index is 2.03. The van der Waals surface area contributed by atoms with Crippen LogP contribution in [0.5, 0.6) is 0 Å². The number of ether oxygens (including phenoxy) is 1. The highest BCUT2D eigenvalue weighted by Gasteiger charge is 2.12. The summed E-state index contributed by atoms with van der Waals surface area (Å²) < 4.78 is 5.18. The average molecular weight is 303 g/mol. The Hall–Kier alpha value is -1.65. The zero-order chi connectivity index (χ0) is 15.2. The number of thiophene rings is 1. The SMILES string of the molecule is CCc1cc(C(=O)NCc2ccccc2COC)sc1C. The molecule has 0 saturated heterocycles. The van der Waals surface area contributed by atoms with Crippen LogP contribution in [-0.2, 0) is 24.3 Å².